The number of nitrogens with one attached hydrogen (secondary N) is 2. The summed E-state index contributed by atoms with van der Waals surface area (Å²) >= 11 is 0. The van der Waals surface area contributed by atoms with E-state index < -0.39 is 18.7 Å². The van der Waals surface area contributed by atoms with Crippen LogP contribution in [-0.4, -0.2) is 53.3 Å². The van der Waals surface area contributed by atoms with Crippen LogP contribution in [0.4, 0.5) is 16.2 Å². The second-order valence-corrected chi connectivity index (χ2v) is 10.1. The molecule has 0 fully saturated rings. The van der Waals surface area contributed by atoms with Crippen molar-refractivity contribution in [2.75, 3.05) is 23.8 Å². The quantitative estimate of drug-likeness (QED) is 0.126. The molecule has 0 heterocycles. The number of aliphatic imine (C=N–C) groups is 1. The van der Waals surface area contributed by atoms with E-state index in [0.717, 1.165) is 5.56 Å². The summed E-state index contributed by atoms with van der Waals surface area (Å²) in [5, 5.41) is 25.1. The van der Waals surface area contributed by atoms with Gasteiger partial charge in [0.05, 0.1) is 24.9 Å². The molecule has 0 aromatic heterocycles. The van der Waals surface area contributed by atoms with Gasteiger partial charge in [-0.3, -0.25) is 4.79 Å². The predicted octanol–water partition coefficient (Wildman–Crippen LogP) is 4.85. The van der Waals surface area contributed by atoms with Crippen LogP contribution in [0.2, 0.25) is 0 Å². The maximum Gasteiger partial charge on any atom is 0.435 e. The molecule has 0 bridgehead atoms. The van der Waals surface area contributed by atoms with Crippen molar-refractivity contribution >= 4 is 35.2 Å². The average molecular weight is 607 g/mol. The minimum absolute atomic E-state index is 0.00641. The van der Waals surface area contributed by atoms with Crippen LogP contribution in [0.15, 0.2) is 59.6 Å². The fourth-order valence-corrected chi connectivity index (χ4v) is 4.08. The Kier molecular flexibility index (Phi) is 12.1. The minimum Gasteiger partial charge on any atom is -0.487 e. The molecule has 6 N–H and O–H groups in total. The van der Waals surface area contributed by atoms with Gasteiger partial charge < -0.3 is 40.8 Å². The van der Waals surface area contributed by atoms with Crippen molar-refractivity contribution in [1.82, 2.24) is 0 Å². The standard InChI is InChI=1S/C32H38N4O8/c1-5-12-42-32(41)36-30(33)22-7-9-24(10-8-22)35-31(40)25-13-20(4)6-11-26(25)34-16-23-14-21(17-37)15-27(44-19(2)3)29(23)43-18-28(38)39/h6-11,13-15,19,34,37H,5,12,16-18H2,1-4H3,(H,35,40)(H,38,39)(H2,33,36,41). The predicted molar refractivity (Wildman–Crippen MR) is 167 cm³/mol. The van der Waals surface area contributed by atoms with Gasteiger partial charge in [0, 0.05) is 29.0 Å². The normalized spacial score (nSPS) is 11.2. The van der Waals surface area contributed by atoms with E-state index in [1.165, 1.54) is 0 Å². The number of carboxylic acid groups (broad SMARTS) is 1. The van der Waals surface area contributed by atoms with Gasteiger partial charge in [-0.05, 0) is 81.3 Å². The van der Waals surface area contributed by atoms with Crippen LogP contribution < -0.4 is 25.8 Å². The number of ether oxygens (including phenoxy) is 3. The van der Waals surface area contributed by atoms with Gasteiger partial charge in [-0.25, -0.2) is 9.59 Å². The second-order valence-electron chi connectivity index (χ2n) is 10.1. The molecule has 3 rings (SSSR count). The molecule has 12 nitrogen and oxygen atoms in total. The SMILES string of the molecule is CCCOC(=O)/N=C(\N)c1ccc(NC(=O)c2cc(C)ccc2NCc2cc(CO)cc(OC(C)C)c2OCC(=O)O)cc1. The molecule has 3 aromatic carbocycles. The first kappa shape index (κ1) is 33.4. The molecule has 0 saturated heterocycles. The highest BCUT2D eigenvalue weighted by Crippen LogP contribution is 2.35. The van der Waals surface area contributed by atoms with Crippen molar-refractivity contribution in [3.8, 4) is 11.5 Å². The number of aryl methyl sites for hydroxylation is 1. The molecule has 0 saturated carbocycles. The molecule has 0 aliphatic heterocycles. The molecule has 12 heteroatoms. The monoisotopic (exact) mass is 606 g/mol. The molecule has 0 atom stereocenters. The Morgan fingerprint density at radius 3 is 2.41 bits per heavy atom. The molecule has 0 aliphatic carbocycles. The molecule has 3 aromatic rings. The van der Waals surface area contributed by atoms with Crippen molar-refractivity contribution in [2.24, 2.45) is 10.7 Å². The van der Waals surface area contributed by atoms with Crippen molar-refractivity contribution in [3.63, 3.8) is 0 Å². The van der Waals surface area contributed by atoms with E-state index in [9.17, 15) is 24.6 Å². The summed E-state index contributed by atoms with van der Waals surface area (Å²) in [5.74, 6) is -1.01. The van der Waals surface area contributed by atoms with E-state index in [1.807, 2.05) is 33.8 Å². The number of amidine groups is 1. The molecule has 0 unspecified atom stereocenters. The van der Waals surface area contributed by atoms with Gasteiger partial charge in [-0.15, -0.1) is 0 Å². The highest BCUT2D eigenvalue weighted by atomic mass is 16.5. The van der Waals surface area contributed by atoms with Crippen LogP contribution in [0.3, 0.4) is 0 Å². The lowest BCUT2D eigenvalue weighted by molar-refractivity contribution is -0.139. The number of rotatable bonds is 14. The fraction of sp³-hybridized carbons (Fsp3) is 0.312. The average Bonchev–Trinajstić information content (AvgIpc) is 2.98. The van der Waals surface area contributed by atoms with Gasteiger partial charge in [0.15, 0.2) is 18.1 Å². The van der Waals surface area contributed by atoms with Gasteiger partial charge >= 0.3 is 12.1 Å². The third kappa shape index (κ3) is 9.73. The van der Waals surface area contributed by atoms with Crippen molar-refractivity contribution in [1.29, 1.82) is 0 Å². The zero-order valence-corrected chi connectivity index (χ0v) is 25.2. The number of carbonyl (C=O) groups excluding carboxylic acids is 2. The Morgan fingerprint density at radius 1 is 1.05 bits per heavy atom. The second kappa shape index (κ2) is 15.9. The van der Waals surface area contributed by atoms with Gasteiger partial charge in [0.2, 0.25) is 0 Å². The third-order valence-corrected chi connectivity index (χ3v) is 6.05. The van der Waals surface area contributed by atoms with Crippen LogP contribution in [0, 0.1) is 6.92 Å². The van der Waals surface area contributed by atoms with Gasteiger partial charge in [0.25, 0.3) is 5.91 Å². The maximum absolute atomic E-state index is 13.4. The summed E-state index contributed by atoms with van der Waals surface area (Å²) in [6.07, 6.45) is -0.334. The van der Waals surface area contributed by atoms with Gasteiger partial charge in [-0.1, -0.05) is 18.6 Å². The first-order chi connectivity index (χ1) is 21.0. The summed E-state index contributed by atoms with van der Waals surface area (Å²) in [5.41, 5.74) is 9.71. The fourth-order valence-electron chi connectivity index (χ4n) is 4.08. The smallest absolute Gasteiger partial charge is 0.435 e. The van der Waals surface area contributed by atoms with E-state index in [2.05, 4.69) is 15.6 Å². The highest BCUT2D eigenvalue weighted by molar-refractivity contribution is 6.08. The van der Waals surface area contributed by atoms with E-state index in [4.69, 9.17) is 19.9 Å². The number of aliphatic hydroxyl groups excluding tert-OH is 1. The van der Waals surface area contributed by atoms with Gasteiger partial charge in [-0.2, -0.15) is 4.99 Å². The Morgan fingerprint density at radius 2 is 1.77 bits per heavy atom. The number of anilines is 2. The Balaban J connectivity index is 1.82. The van der Waals surface area contributed by atoms with Crippen molar-refractivity contribution in [3.05, 3.63) is 82.4 Å². The lowest BCUT2D eigenvalue weighted by Gasteiger charge is -2.20. The Hall–Kier alpha value is -5.10. The molecule has 234 valence electrons. The zero-order valence-electron chi connectivity index (χ0n) is 25.2. The summed E-state index contributed by atoms with van der Waals surface area (Å²) < 4.78 is 16.4. The van der Waals surface area contributed by atoms with Crippen LogP contribution >= 0.6 is 0 Å². The Bertz CT molecular complexity index is 1500. The number of aliphatic hydroxyl groups is 1. The minimum atomic E-state index is -1.15. The first-order valence-electron chi connectivity index (χ1n) is 14.1. The first-order valence-corrected chi connectivity index (χ1v) is 14.1. The number of amides is 2. The number of benzene rings is 3. The maximum atomic E-state index is 13.4. The van der Waals surface area contributed by atoms with Crippen LogP contribution in [0.25, 0.3) is 0 Å². The third-order valence-electron chi connectivity index (χ3n) is 6.05. The van der Waals surface area contributed by atoms with E-state index in [1.54, 1.807) is 48.5 Å². The van der Waals surface area contributed by atoms with Crippen LogP contribution in [-0.2, 0) is 22.7 Å². The molecular formula is C32H38N4O8. The molecule has 44 heavy (non-hydrogen) atoms. The number of carboxylic acids is 1. The summed E-state index contributed by atoms with van der Waals surface area (Å²) in [6, 6.07) is 15.2. The van der Waals surface area contributed by atoms with E-state index in [0.29, 0.717) is 45.8 Å². The summed E-state index contributed by atoms with van der Waals surface area (Å²) in [4.78, 5) is 40.1. The number of hydrogen-bond acceptors (Lipinski definition) is 8. The van der Waals surface area contributed by atoms with E-state index >= 15 is 0 Å². The molecular weight excluding hydrogens is 568 g/mol. The van der Waals surface area contributed by atoms with E-state index in [-0.39, 0.29) is 43.4 Å². The van der Waals surface area contributed by atoms with Crippen LogP contribution in [0.1, 0.15) is 59.8 Å². The number of aliphatic carboxylic acids is 1. The lowest BCUT2D eigenvalue weighted by atomic mass is 10.1. The number of hydrogen-bond donors (Lipinski definition) is 5. The Labute approximate surface area is 255 Å². The largest absolute Gasteiger partial charge is 0.487 e. The van der Waals surface area contributed by atoms with Crippen molar-refractivity contribution in [2.45, 2.75) is 53.4 Å². The lowest BCUT2D eigenvalue weighted by Crippen LogP contribution is -2.18. The summed E-state index contributed by atoms with van der Waals surface area (Å²) in [7, 11) is 0. The number of nitrogens with two attached hydrogens (primary N) is 1. The molecule has 0 radical (unpaired) electrons. The zero-order chi connectivity index (χ0) is 32.2. The number of carbonyl (C=O) groups is 3. The molecule has 0 aliphatic rings. The highest BCUT2D eigenvalue weighted by Gasteiger charge is 2.18. The van der Waals surface area contributed by atoms with Crippen LogP contribution in [0.5, 0.6) is 11.5 Å². The summed E-state index contributed by atoms with van der Waals surface area (Å²) in [6.45, 7) is 6.91. The molecule has 0 spiro atoms. The van der Waals surface area contributed by atoms with Crippen molar-refractivity contribution < 1.29 is 38.8 Å². The topological polar surface area (TPSA) is 182 Å². The number of nitrogens with zero attached hydrogens (tertiary/aromatic N) is 1. The molecule has 2 amide bonds. The van der Waals surface area contributed by atoms with Gasteiger partial charge in [0.1, 0.15) is 5.84 Å².